The Labute approximate surface area is 142 Å². The minimum atomic E-state index is -0.957. The summed E-state index contributed by atoms with van der Waals surface area (Å²) < 4.78 is 5.50. The standard InChI is InChI=1S/C20H23NO3/c1-20(2,3)21-19(23)18(16-12-8-5-9-13-16)24-17(22)14-15-10-6-4-7-11-15/h4-13,18H,14H2,1-3H3,(H,21,23)/t18-/m0/s1. The molecule has 1 N–H and O–H groups in total. The van der Waals surface area contributed by atoms with E-state index >= 15 is 0 Å². The maximum atomic E-state index is 12.6. The van der Waals surface area contributed by atoms with Crippen molar-refractivity contribution in [2.24, 2.45) is 0 Å². The summed E-state index contributed by atoms with van der Waals surface area (Å²) in [5.74, 6) is -0.755. The number of ether oxygens (including phenoxy) is 1. The second kappa shape index (κ2) is 7.77. The smallest absolute Gasteiger partial charge is 0.311 e. The molecule has 4 nitrogen and oxygen atoms in total. The number of carbonyl (C=O) groups is 2. The van der Waals surface area contributed by atoms with E-state index in [4.69, 9.17) is 4.74 Å². The van der Waals surface area contributed by atoms with Crippen LogP contribution in [-0.2, 0) is 20.7 Å². The topological polar surface area (TPSA) is 55.4 Å². The van der Waals surface area contributed by atoms with Crippen molar-refractivity contribution in [3.05, 3.63) is 71.8 Å². The van der Waals surface area contributed by atoms with Gasteiger partial charge < -0.3 is 10.1 Å². The first-order valence-corrected chi connectivity index (χ1v) is 7.95. The minimum Gasteiger partial charge on any atom is -0.447 e. The largest absolute Gasteiger partial charge is 0.447 e. The van der Waals surface area contributed by atoms with Gasteiger partial charge in [0.05, 0.1) is 6.42 Å². The number of rotatable bonds is 5. The molecule has 0 unspecified atom stereocenters. The van der Waals surface area contributed by atoms with Crippen LogP contribution in [0.3, 0.4) is 0 Å². The minimum absolute atomic E-state index is 0.132. The molecular formula is C20H23NO3. The Kier molecular flexibility index (Phi) is 5.74. The predicted octanol–water partition coefficient (Wildman–Crippen LogP) is 3.43. The average Bonchev–Trinajstić information content (AvgIpc) is 2.52. The number of carbonyl (C=O) groups excluding carboxylic acids is 2. The Morgan fingerprint density at radius 1 is 0.958 bits per heavy atom. The molecule has 0 spiro atoms. The maximum Gasteiger partial charge on any atom is 0.311 e. The molecule has 0 aliphatic heterocycles. The highest BCUT2D eigenvalue weighted by molar-refractivity contribution is 5.85. The highest BCUT2D eigenvalue weighted by Gasteiger charge is 2.27. The van der Waals surface area contributed by atoms with Crippen LogP contribution in [0.1, 0.15) is 38.0 Å². The molecule has 0 aliphatic carbocycles. The van der Waals surface area contributed by atoms with E-state index in [9.17, 15) is 9.59 Å². The van der Waals surface area contributed by atoms with Crippen LogP contribution >= 0.6 is 0 Å². The number of nitrogens with one attached hydrogen (secondary N) is 1. The summed E-state index contributed by atoms with van der Waals surface area (Å²) in [5, 5.41) is 2.87. The Balaban J connectivity index is 2.14. The lowest BCUT2D eigenvalue weighted by Crippen LogP contribution is -2.44. The first-order chi connectivity index (χ1) is 11.3. The van der Waals surface area contributed by atoms with Crippen LogP contribution in [0, 0.1) is 0 Å². The van der Waals surface area contributed by atoms with Crippen molar-refractivity contribution < 1.29 is 14.3 Å². The number of esters is 1. The van der Waals surface area contributed by atoms with Gasteiger partial charge in [-0.05, 0) is 26.3 Å². The summed E-state index contributed by atoms with van der Waals surface area (Å²) in [6, 6.07) is 18.4. The monoisotopic (exact) mass is 325 g/mol. The second-order valence-electron chi connectivity index (χ2n) is 6.68. The molecule has 0 bridgehead atoms. The third-order valence-electron chi connectivity index (χ3n) is 3.28. The molecule has 0 saturated carbocycles. The van der Waals surface area contributed by atoms with E-state index in [1.54, 1.807) is 12.1 Å². The lowest BCUT2D eigenvalue weighted by atomic mass is 10.1. The molecule has 4 heteroatoms. The summed E-state index contributed by atoms with van der Waals surface area (Å²) >= 11 is 0. The fourth-order valence-electron chi connectivity index (χ4n) is 2.27. The quantitative estimate of drug-likeness (QED) is 0.857. The van der Waals surface area contributed by atoms with E-state index in [1.807, 2.05) is 69.3 Å². The molecule has 24 heavy (non-hydrogen) atoms. The van der Waals surface area contributed by atoms with E-state index in [-0.39, 0.29) is 12.3 Å². The van der Waals surface area contributed by atoms with Gasteiger partial charge in [0.2, 0.25) is 6.10 Å². The zero-order chi connectivity index (χ0) is 17.6. The molecule has 1 amide bonds. The van der Waals surface area contributed by atoms with Gasteiger partial charge in [-0.25, -0.2) is 0 Å². The van der Waals surface area contributed by atoms with Gasteiger partial charge in [0.25, 0.3) is 5.91 Å². The molecule has 1 atom stereocenters. The number of benzene rings is 2. The molecule has 2 rings (SSSR count). The Morgan fingerprint density at radius 3 is 2.04 bits per heavy atom. The molecule has 0 aliphatic rings. The zero-order valence-corrected chi connectivity index (χ0v) is 14.3. The van der Waals surface area contributed by atoms with Crippen LogP contribution in [0.15, 0.2) is 60.7 Å². The Hall–Kier alpha value is -2.62. The lowest BCUT2D eigenvalue weighted by Gasteiger charge is -2.25. The van der Waals surface area contributed by atoms with Crippen LogP contribution in [0.2, 0.25) is 0 Å². The number of amides is 1. The SMILES string of the molecule is CC(C)(C)NC(=O)[C@@H](OC(=O)Cc1ccccc1)c1ccccc1. The average molecular weight is 325 g/mol. The Bertz CT molecular complexity index is 675. The molecule has 0 heterocycles. The summed E-state index contributed by atoms with van der Waals surface area (Å²) in [4.78, 5) is 24.8. The van der Waals surface area contributed by atoms with Gasteiger partial charge in [0.15, 0.2) is 0 Å². The highest BCUT2D eigenvalue weighted by Crippen LogP contribution is 2.20. The van der Waals surface area contributed by atoms with E-state index in [0.717, 1.165) is 5.56 Å². The second-order valence-corrected chi connectivity index (χ2v) is 6.68. The fraction of sp³-hybridized carbons (Fsp3) is 0.300. The third kappa shape index (κ3) is 5.54. The molecule has 2 aromatic rings. The predicted molar refractivity (Wildman–Crippen MR) is 93.3 cm³/mol. The van der Waals surface area contributed by atoms with Gasteiger partial charge in [-0.3, -0.25) is 9.59 Å². The maximum absolute atomic E-state index is 12.6. The fourth-order valence-corrected chi connectivity index (χ4v) is 2.27. The van der Waals surface area contributed by atoms with Crippen molar-refractivity contribution in [3.8, 4) is 0 Å². The first kappa shape index (κ1) is 17.7. The van der Waals surface area contributed by atoms with Crippen molar-refractivity contribution in [3.63, 3.8) is 0 Å². The summed E-state index contributed by atoms with van der Waals surface area (Å²) in [7, 11) is 0. The van der Waals surface area contributed by atoms with Crippen molar-refractivity contribution >= 4 is 11.9 Å². The molecule has 126 valence electrons. The van der Waals surface area contributed by atoms with Crippen LogP contribution in [0.25, 0.3) is 0 Å². The van der Waals surface area contributed by atoms with E-state index in [0.29, 0.717) is 5.56 Å². The zero-order valence-electron chi connectivity index (χ0n) is 14.3. The van der Waals surface area contributed by atoms with Crippen LogP contribution in [-0.4, -0.2) is 17.4 Å². The molecule has 0 saturated heterocycles. The van der Waals surface area contributed by atoms with Crippen LogP contribution in [0.4, 0.5) is 0 Å². The van der Waals surface area contributed by atoms with Gasteiger partial charge in [-0.2, -0.15) is 0 Å². The lowest BCUT2D eigenvalue weighted by molar-refractivity contribution is -0.156. The van der Waals surface area contributed by atoms with Crippen molar-refractivity contribution in [2.75, 3.05) is 0 Å². The van der Waals surface area contributed by atoms with Gasteiger partial charge in [0, 0.05) is 11.1 Å². The molecular weight excluding hydrogens is 302 g/mol. The molecule has 0 aromatic heterocycles. The van der Waals surface area contributed by atoms with Gasteiger partial charge in [0.1, 0.15) is 0 Å². The van der Waals surface area contributed by atoms with Gasteiger partial charge in [-0.1, -0.05) is 60.7 Å². The normalized spacial score (nSPS) is 12.3. The molecule has 0 fully saturated rings. The highest BCUT2D eigenvalue weighted by atomic mass is 16.5. The summed E-state index contributed by atoms with van der Waals surface area (Å²) in [6.45, 7) is 5.66. The van der Waals surface area contributed by atoms with Crippen molar-refractivity contribution in [2.45, 2.75) is 38.8 Å². The van der Waals surface area contributed by atoms with Crippen LogP contribution in [0.5, 0.6) is 0 Å². The van der Waals surface area contributed by atoms with Gasteiger partial charge >= 0.3 is 5.97 Å². The van der Waals surface area contributed by atoms with Crippen molar-refractivity contribution in [1.29, 1.82) is 0 Å². The van der Waals surface area contributed by atoms with E-state index in [2.05, 4.69) is 5.32 Å². The molecule has 0 radical (unpaired) electrons. The van der Waals surface area contributed by atoms with E-state index in [1.165, 1.54) is 0 Å². The number of hydrogen-bond acceptors (Lipinski definition) is 3. The summed E-state index contributed by atoms with van der Waals surface area (Å²) in [6.07, 6.45) is -0.825. The number of hydrogen-bond donors (Lipinski definition) is 1. The van der Waals surface area contributed by atoms with Gasteiger partial charge in [-0.15, -0.1) is 0 Å². The van der Waals surface area contributed by atoms with Crippen molar-refractivity contribution in [1.82, 2.24) is 5.32 Å². The van der Waals surface area contributed by atoms with Crippen LogP contribution < -0.4 is 5.32 Å². The summed E-state index contributed by atoms with van der Waals surface area (Å²) in [5.41, 5.74) is 1.10. The third-order valence-corrected chi connectivity index (χ3v) is 3.28. The first-order valence-electron chi connectivity index (χ1n) is 7.95. The van der Waals surface area contributed by atoms with E-state index < -0.39 is 17.6 Å². The Morgan fingerprint density at radius 2 is 1.50 bits per heavy atom. The molecule has 2 aromatic carbocycles.